The molecule has 3 aromatic rings. The minimum Gasteiger partial charge on any atom is -0.461 e. The first-order valence-corrected chi connectivity index (χ1v) is 10.2. The zero-order chi connectivity index (χ0) is 19.0. The van der Waals surface area contributed by atoms with Crippen LogP contribution in [0.25, 0.3) is 21.3 Å². The van der Waals surface area contributed by atoms with Gasteiger partial charge in [0.2, 0.25) is 0 Å². The van der Waals surface area contributed by atoms with Crippen molar-refractivity contribution in [2.45, 2.75) is 45.3 Å². The quantitative estimate of drug-likeness (QED) is 0.599. The maximum Gasteiger partial charge on any atom is 0.326 e. The molecule has 140 valence electrons. The Morgan fingerprint density at radius 2 is 2.00 bits per heavy atom. The molecule has 1 saturated carbocycles. The fraction of sp³-hybridized carbons (Fsp3) is 0.350. The zero-order valence-electron chi connectivity index (χ0n) is 14.9. The van der Waals surface area contributed by atoms with Crippen LogP contribution in [-0.4, -0.2) is 21.6 Å². The Morgan fingerprint density at radius 3 is 2.70 bits per heavy atom. The van der Waals surface area contributed by atoms with Gasteiger partial charge in [0.15, 0.2) is 0 Å². The number of esters is 1. The number of ether oxygens (including phenoxy) is 1. The number of carbonyl (C=O) groups excluding carboxylic acids is 1. The van der Waals surface area contributed by atoms with Crippen LogP contribution in [0.1, 0.15) is 30.6 Å². The number of hydrogen-bond acceptors (Lipinski definition) is 5. The molecule has 27 heavy (non-hydrogen) atoms. The van der Waals surface area contributed by atoms with Gasteiger partial charge in [0.1, 0.15) is 17.5 Å². The molecule has 7 heteroatoms. The van der Waals surface area contributed by atoms with Crippen LogP contribution < -0.4 is 5.56 Å². The van der Waals surface area contributed by atoms with E-state index in [-0.39, 0.29) is 24.2 Å². The number of hydrogen-bond donors (Lipinski definition) is 0. The molecule has 1 aromatic carbocycles. The molecule has 0 spiro atoms. The van der Waals surface area contributed by atoms with Gasteiger partial charge in [-0.1, -0.05) is 23.7 Å². The molecule has 1 aliphatic carbocycles. The second kappa shape index (κ2) is 7.44. The van der Waals surface area contributed by atoms with Crippen molar-refractivity contribution in [3.63, 3.8) is 0 Å². The van der Waals surface area contributed by atoms with Gasteiger partial charge in [0, 0.05) is 15.5 Å². The first-order valence-electron chi connectivity index (χ1n) is 8.97. The van der Waals surface area contributed by atoms with E-state index in [0.717, 1.165) is 41.7 Å². The van der Waals surface area contributed by atoms with E-state index in [2.05, 4.69) is 4.98 Å². The third kappa shape index (κ3) is 3.64. The minimum absolute atomic E-state index is 0.0158. The van der Waals surface area contributed by atoms with E-state index in [1.165, 1.54) is 22.2 Å². The van der Waals surface area contributed by atoms with Crippen molar-refractivity contribution < 1.29 is 9.53 Å². The van der Waals surface area contributed by atoms with Crippen molar-refractivity contribution in [3.8, 4) is 11.1 Å². The SMILES string of the molecule is Cc1sc2ncn(CC(=O)OC3CCCC3)c(=O)c2c1-c1ccc(Cl)cc1. The molecule has 0 bridgehead atoms. The molecule has 0 atom stereocenters. The van der Waals surface area contributed by atoms with Gasteiger partial charge in [-0.3, -0.25) is 14.2 Å². The molecule has 0 aliphatic heterocycles. The maximum absolute atomic E-state index is 13.1. The number of halogens is 1. The summed E-state index contributed by atoms with van der Waals surface area (Å²) in [4.78, 5) is 31.4. The Balaban J connectivity index is 1.70. The summed E-state index contributed by atoms with van der Waals surface area (Å²) in [5.74, 6) is -0.384. The van der Waals surface area contributed by atoms with Gasteiger partial charge in [0.05, 0.1) is 11.7 Å². The van der Waals surface area contributed by atoms with Gasteiger partial charge < -0.3 is 4.74 Å². The first-order chi connectivity index (χ1) is 13.0. The Labute approximate surface area is 165 Å². The third-order valence-corrected chi connectivity index (χ3v) is 6.15. The number of rotatable bonds is 4. The highest BCUT2D eigenvalue weighted by Crippen LogP contribution is 2.35. The van der Waals surface area contributed by atoms with Crippen LogP contribution in [0, 0.1) is 6.92 Å². The molecule has 0 unspecified atom stereocenters. The van der Waals surface area contributed by atoms with Crippen molar-refractivity contribution in [2.24, 2.45) is 0 Å². The average Bonchev–Trinajstić information content (AvgIpc) is 3.26. The standard InChI is InChI=1S/C20H19ClN2O3S/c1-12-17(13-6-8-14(21)9-7-13)18-19(27-12)22-11-23(20(18)25)10-16(24)26-15-4-2-3-5-15/h6-9,11,15H,2-5,10H2,1H3. The summed E-state index contributed by atoms with van der Waals surface area (Å²) in [6, 6.07) is 7.38. The molecule has 5 nitrogen and oxygen atoms in total. The molecular formula is C20H19ClN2O3S. The molecule has 4 rings (SSSR count). The second-order valence-corrected chi connectivity index (χ2v) is 8.43. The van der Waals surface area contributed by atoms with E-state index < -0.39 is 0 Å². The van der Waals surface area contributed by atoms with Crippen molar-refractivity contribution in [2.75, 3.05) is 0 Å². The highest BCUT2D eigenvalue weighted by Gasteiger charge is 2.21. The molecule has 2 aromatic heterocycles. The van der Waals surface area contributed by atoms with Gasteiger partial charge in [-0.15, -0.1) is 11.3 Å². The van der Waals surface area contributed by atoms with Crippen molar-refractivity contribution in [3.05, 3.63) is 50.8 Å². The lowest BCUT2D eigenvalue weighted by molar-refractivity contribution is -0.149. The summed E-state index contributed by atoms with van der Waals surface area (Å²) in [6.07, 6.45) is 5.40. The first kappa shape index (κ1) is 18.2. The van der Waals surface area contributed by atoms with Gasteiger partial charge >= 0.3 is 5.97 Å². The Bertz CT molecular complexity index is 1050. The number of benzene rings is 1. The summed E-state index contributed by atoms with van der Waals surface area (Å²) in [5.41, 5.74) is 1.54. The topological polar surface area (TPSA) is 61.2 Å². The fourth-order valence-electron chi connectivity index (χ4n) is 3.58. The van der Waals surface area contributed by atoms with Crippen LogP contribution in [-0.2, 0) is 16.1 Å². The lowest BCUT2D eigenvalue weighted by atomic mass is 10.0. The maximum atomic E-state index is 13.1. The van der Waals surface area contributed by atoms with E-state index in [9.17, 15) is 9.59 Å². The summed E-state index contributed by atoms with van der Waals surface area (Å²) >= 11 is 7.46. The molecule has 0 radical (unpaired) electrons. The van der Waals surface area contributed by atoms with Crippen molar-refractivity contribution >= 4 is 39.1 Å². The summed E-state index contributed by atoms with van der Waals surface area (Å²) in [5, 5.41) is 1.18. The van der Waals surface area contributed by atoms with Gasteiger partial charge in [-0.05, 0) is 50.3 Å². The smallest absolute Gasteiger partial charge is 0.326 e. The number of thiophene rings is 1. The van der Waals surface area contributed by atoms with E-state index in [0.29, 0.717) is 15.2 Å². The molecular weight excluding hydrogens is 384 g/mol. The lowest BCUT2D eigenvalue weighted by Gasteiger charge is -2.12. The highest BCUT2D eigenvalue weighted by molar-refractivity contribution is 7.19. The van der Waals surface area contributed by atoms with Gasteiger partial charge in [-0.2, -0.15) is 0 Å². The largest absolute Gasteiger partial charge is 0.461 e. The lowest BCUT2D eigenvalue weighted by Crippen LogP contribution is -2.27. The molecule has 0 saturated heterocycles. The molecule has 1 aliphatic rings. The molecule has 0 amide bonds. The summed E-state index contributed by atoms with van der Waals surface area (Å²) in [7, 11) is 0. The molecule has 0 N–H and O–H groups in total. The number of aromatic nitrogens is 2. The van der Waals surface area contributed by atoms with Crippen LogP contribution >= 0.6 is 22.9 Å². The second-order valence-electron chi connectivity index (χ2n) is 6.79. The monoisotopic (exact) mass is 402 g/mol. The van der Waals surface area contributed by atoms with E-state index >= 15 is 0 Å². The minimum atomic E-state index is -0.384. The van der Waals surface area contributed by atoms with Crippen molar-refractivity contribution in [1.82, 2.24) is 9.55 Å². The van der Waals surface area contributed by atoms with Crippen LogP contribution in [0.4, 0.5) is 0 Å². The number of nitrogens with zero attached hydrogens (tertiary/aromatic N) is 2. The van der Waals surface area contributed by atoms with E-state index in [1.54, 1.807) is 12.1 Å². The van der Waals surface area contributed by atoms with E-state index in [4.69, 9.17) is 16.3 Å². The molecule has 1 fully saturated rings. The van der Waals surface area contributed by atoms with Gasteiger partial charge in [0.25, 0.3) is 5.56 Å². The predicted octanol–water partition coefficient (Wildman–Crippen LogP) is 4.57. The Morgan fingerprint density at radius 1 is 1.30 bits per heavy atom. The fourth-order valence-corrected chi connectivity index (χ4v) is 4.71. The van der Waals surface area contributed by atoms with E-state index in [1.807, 2.05) is 19.1 Å². The Hall–Kier alpha value is -2.18. The summed E-state index contributed by atoms with van der Waals surface area (Å²) in [6.45, 7) is 1.85. The number of fused-ring (bicyclic) bond motifs is 1. The van der Waals surface area contributed by atoms with Gasteiger partial charge in [-0.25, -0.2) is 4.98 Å². The number of aryl methyl sites for hydroxylation is 1. The Kier molecular flexibility index (Phi) is 5.02. The molecule has 2 heterocycles. The predicted molar refractivity (Wildman–Crippen MR) is 107 cm³/mol. The van der Waals surface area contributed by atoms with Crippen LogP contribution in [0.15, 0.2) is 35.4 Å². The third-order valence-electron chi connectivity index (χ3n) is 4.89. The van der Waals surface area contributed by atoms with Crippen LogP contribution in [0.5, 0.6) is 0 Å². The number of carbonyl (C=O) groups is 1. The highest BCUT2D eigenvalue weighted by atomic mass is 35.5. The van der Waals surface area contributed by atoms with Crippen LogP contribution in [0.2, 0.25) is 5.02 Å². The zero-order valence-corrected chi connectivity index (χ0v) is 16.5. The van der Waals surface area contributed by atoms with Crippen LogP contribution in [0.3, 0.4) is 0 Å². The normalized spacial score (nSPS) is 14.7. The average molecular weight is 403 g/mol. The van der Waals surface area contributed by atoms with Crippen molar-refractivity contribution in [1.29, 1.82) is 0 Å². The summed E-state index contributed by atoms with van der Waals surface area (Å²) < 4.78 is 6.82.